The molecule has 1 N–H and O–H groups in total. The van der Waals surface area contributed by atoms with E-state index in [0.717, 1.165) is 35.7 Å². The van der Waals surface area contributed by atoms with E-state index in [1.807, 2.05) is 31.3 Å². The number of nitrogens with one attached hydrogen (secondary N) is 1. The molecule has 0 aliphatic heterocycles. The summed E-state index contributed by atoms with van der Waals surface area (Å²) in [6.45, 7) is 9.61. The largest absolute Gasteiger partial charge is 0.329 e. The van der Waals surface area contributed by atoms with Crippen molar-refractivity contribution in [2.75, 3.05) is 0 Å². The highest BCUT2D eigenvalue weighted by molar-refractivity contribution is 5.98. The molecular weight excluding hydrogens is 324 g/mol. The molecule has 5 nitrogen and oxygen atoms in total. The minimum atomic E-state index is -0.200. The van der Waals surface area contributed by atoms with Crippen LogP contribution >= 0.6 is 0 Å². The monoisotopic (exact) mass is 350 g/mol. The average molecular weight is 350 g/mol. The van der Waals surface area contributed by atoms with Gasteiger partial charge in [0.1, 0.15) is 5.82 Å². The van der Waals surface area contributed by atoms with Crippen LogP contribution in [0.5, 0.6) is 0 Å². The van der Waals surface area contributed by atoms with Gasteiger partial charge in [-0.15, -0.1) is 0 Å². The number of allylic oxidation sites excluding steroid dienone is 2. The summed E-state index contributed by atoms with van der Waals surface area (Å²) in [4.78, 5) is 17.0. The molecule has 2 unspecified atom stereocenters. The van der Waals surface area contributed by atoms with Crippen molar-refractivity contribution in [3.05, 3.63) is 41.2 Å². The van der Waals surface area contributed by atoms with Gasteiger partial charge < -0.3 is 4.57 Å². The van der Waals surface area contributed by atoms with E-state index in [2.05, 4.69) is 46.9 Å². The van der Waals surface area contributed by atoms with Crippen molar-refractivity contribution in [1.82, 2.24) is 15.0 Å². The van der Waals surface area contributed by atoms with Gasteiger partial charge in [-0.1, -0.05) is 19.9 Å². The molecule has 1 amide bonds. The number of carbonyl (C=O) groups is 1. The Bertz CT molecular complexity index is 935. The van der Waals surface area contributed by atoms with E-state index in [-0.39, 0.29) is 5.91 Å². The fourth-order valence-electron chi connectivity index (χ4n) is 4.57. The Morgan fingerprint density at radius 1 is 1.46 bits per heavy atom. The first kappa shape index (κ1) is 17.0. The molecule has 1 heterocycles. The van der Waals surface area contributed by atoms with Gasteiger partial charge in [0, 0.05) is 12.1 Å². The van der Waals surface area contributed by atoms with Gasteiger partial charge in [-0.25, -0.2) is 10.4 Å². The summed E-state index contributed by atoms with van der Waals surface area (Å²) in [5.41, 5.74) is 6.77. The molecule has 1 aromatic carbocycles. The second-order valence-electron chi connectivity index (χ2n) is 8.05. The van der Waals surface area contributed by atoms with Crippen molar-refractivity contribution < 1.29 is 4.79 Å². The minimum Gasteiger partial charge on any atom is -0.329 e. The lowest BCUT2D eigenvalue weighted by molar-refractivity contribution is -0.00126. The molecule has 3 aliphatic carbocycles. The maximum absolute atomic E-state index is 12.4. The third-order valence-electron chi connectivity index (χ3n) is 6.41. The lowest BCUT2D eigenvalue weighted by Crippen LogP contribution is -2.48. The first-order valence-corrected chi connectivity index (χ1v) is 9.42. The topological polar surface area (TPSA) is 59.3 Å². The van der Waals surface area contributed by atoms with Gasteiger partial charge in [0.25, 0.3) is 5.91 Å². The highest BCUT2D eigenvalue weighted by Crippen LogP contribution is 2.58. The van der Waals surface area contributed by atoms with E-state index in [0.29, 0.717) is 16.9 Å². The van der Waals surface area contributed by atoms with Crippen LogP contribution in [0.15, 0.2) is 34.9 Å². The van der Waals surface area contributed by atoms with Crippen molar-refractivity contribution in [2.45, 2.75) is 47.1 Å². The van der Waals surface area contributed by atoms with Crippen LogP contribution in [-0.4, -0.2) is 21.7 Å². The molecule has 136 valence electrons. The van der Waals surface area contributed by atoms with Gasteiger partial charge in [0.05, 0.1) is 17.2 Å². The Labute approximate surface area is 154 Å². The summed E-state index contributed by atoms with van der Waals surface area (Å²) in [6.07, 6.45) is 6.46. The van der Waals surface area contributed by atoms with Crippen molar-refractivity contribution >= 4 is 23.2 Å². The summed E-state index contributed by atoms with van der Waals surface area (Å²) in [7, 11) is 0. The van der Waals surface area contributed by atoms with Crippen LogP contribution < -0.4 is 5.43 Å². The second kappa shape index (κ2) is 6.08. The number of carbonyl (C=O) groups excluding carboxylic acids is 1. The normalized spacial score (nSPS) is 23.8. The van der Waals surface area contributed by atoms with Crippen molar-refractivity contribution in [2.24, 2.45) is 22.4 Å². The Hall–Kier alpha value is -2.43. The third kappa shape index (κ3) is 2.57. The van der Waals surface area contributed by atoms with Crippen LogP contribution in [0.2, 0.25) is 0 Å². The number of hydrogen-bond donors (Lipinski definition) is 1. The quantitative estimate of drug-likeness (QED) is 0.667. The van der Waals surface area contributed by atoms with E-state index < -0.39 is 0 Å². The van der Waals surface area contributed by atoms with Gasteiger partial charge in [-0.2, -0.15) is 5.10 Å². The summed E-state index contributed by atoms with van der Waals surface area (Å²) in [5, 5.41) is 4.21. The van der Waals surface area contributed by atoms with Gasteiger partial charge >= 0.3 is 0 Å². The lowest BCUT2D eigenvalue weighted by atomic mass is 9.49. The third-order valence-corrected chi connectivity index (χ3v) is 6.41. The van der Waals surface area contributed by atoms with Gasteiger partial charge in [-0.05, 0) is 67.7 Å². The highest BCUT2D eigenvalue weighted by atomic mass is 16.2. The first-order valence-electron chi connectivity index (χ1n) is 9.42. The number of aromatic nitrogens is 2. The fraction of sp³-hybridized carbons (Fsp3) is 0.476. The zero-order valence-electron chi connectivity index (χ0n) is 15.9. The molecule has 2 aromatic rings. The number of nitrogens with zero attached hydrogens (tertiary/aromatic N) is 3. The number of amides is 1. The smallest absolute Gasteiger partial charge is 0.271 e. The second-order valence-corrected chi connectivity index (χ2v) is 8.05. The fourth-order valence-corrected chi connectivity index (χ4v) is 4.57. The standard InChI is InChI=1S/C21H26N4O/c1-5-25-13(2)23-18-10-14(7-9-19(18)25)20(26)24-22-12-15-6-8-16-11-17(15)21(16,3)4/h6-7,9-10,12,16-17H,5,8,11H2,1-4H3,(H,24,26)/b22-12+. The van der Waals surface area contributed by atoms with Crippen LogP contribution in [0.3, 0.4) is 0 Å². The molecule has 5 rings (SSSR count). The van der Waals surface area contributed by atoms with Crippen LogP contribution in [-0.2, 0) is 6.54 Å². The zero-order valence-corrected chi connectivity index (χ0v) is 15.9. The van der Waals surface area contributed by atoms with E-state index >= 15 is 0 Å². The predicted molar refractivity (Wildman–Crippen MR) is 104 cm³/mol. The van der Waals surface area contributed by atoms with Crippen LogP contribution in [0.4, 0.5) is 0 Å². The molecule has 1 saturated carbocycles. The summed E-state index contributed by atoms with van der Waals surface area (Å²) < 4.78 is 2.14. The number of fused-ring (bicyclic) bond motifs is 2. The van der Waals surface area contributed by atoms with E-state index in [1.165, 1.54) is 12.0 Å². The molecule has 0 spiro atoms. The molecule has 1 fully saturated rings. The first-order chi connectivity index (χ1) is 12.4. The Morgan fingerprint density at radius 3 is 2.96 bits per heavy atom. The van der Waals surface area contributed by atoms with Crippen molar-refractivity contribution in [3.63, 3.8) is 0 Å². The summed E-state index contributed by atoms with van der Waals surface area (Å²) >= 11 is 0. The molecule has 26 heavy (non-hydrogen) atoms. The number of benzene rings is 1. The maximum atomic E-state index is 12.4. The number of hydrogen-bond acceptors (Lipinski definition) is 3. The van der Waals surface area contributed by atoms with Gasteiger partial charge in [0.2, 0.25) is 0 Å². The molecule has 3 aliphatic rings. The number of rotatable bonds is 4. The van der Waals surface area contributed by atoms with E-state index in [4.69, 9.17) is 0 Å². The van der Waals surface area contributed by atoms with E-state index in [1.54, 1.807) is 0 Å². The molecular formula is C21H26N4O. The molecule has 2 atom stereocenters. The minimum absolute atomic E-state index is 0.200. The van der Waals surface area contributed by atoms with Gasteiger partial charge in [0.15, 0.2) is 0 Å². The van der Waals surface area contributed by atoms with Crippen LogP contribution in [0.1, 0.15) is 49.8 Å². The zero-order chi connectivity index (χ0) is 18.5. The summed E-state index contributed by atoms with van der Waals surface area (Å²) in [5.74, 6) is 2.13. The Morgan fingerprint density at radius 2 is 2.27 bits per heavy atom. The van der Waals surface area contributed by atoms with Crippen LogP contribution in [0, 0.1) is 24.2 Å². The van der Waals surface area contributed by atoms with Gasteiger partial charge in [-0.3, -0.25) is 4.79 Å². The molecule has 5 heteroatoms. The summed E-state index contributed by atoms with van der Waals surface area (Å²) in [6, 6.07) is 5.62. The maximum Gasteiger partial charge on any atom is 0.271 e. The molecule has 0 saturated heterocycles. The Kier molecular flexibility index (Phi) is 3.98. The lowest BCUT2D eigenvalue weighted by Gasteiger charge is -2.55. The van der Waals surface area contributed by atoms with E-state index in [9.17, 15) is 4.79 Å². The molecule has 0 radical (unpaired) electrons. The predicted octanol–water partition coefficient (Wildman–Crippen LogP) is 4.07. The van der Waals surface area contributed by atoms with Crippen LogP contribution in [0.25, 0.3) is 11.0 Å². The number of aryl methyl sites for hydroxylation is 2. The number of hydrazone groups is 1. The molecule has 2 bridgehead atoms. The number of imidazole rings is 1. The van der Waals surface area contributed by atoms with Crippen molar-refractivity contribution in [3.8, 4) is 0 Å². The average Bonchev–Trinajstić information content (AvgIpc) is 2.95. The highest BCUT2D eigenvalue weighted by Gasteiger charge is 2.50. The van der Waals surface area contributed by atoms with Crippen molar-refractivity contribution in [1.29, 1.82) is 0 Å². The molecule has 1 aromatic heterocycles. The Balaban J connectivity index is 1.47. The SMILES string of the molecule is CCn1c(C)nc2cc(C(=O)N/N=C/C3=CCC4CC3C4(C)C)ccc21.